The fourth-order valence-electron chi connectivity index (χ4n) is 3.85. The summed E-state index contributed by atoms with van der Waals surface area (Å²) in [6.45, 7) is 6.03. The number of rotatable bonds is 2. The minimum absolute atomic E-state index is 0.136. The van der Waals surface area contributed by atoms with Crippen LogP contribution in [0, 0.1) is 13.8 Å². The zero-order valence-electron chi connectivity index (χ0n) is 14.2. The second-order valence-electron chi connectivity index (χ2n) is 6.79. The molecule has 1 amide bonds. The number of fused-ring (bicyclic) bond motifs is 1. The molecule has 124 valence electrons. The molecule has 1 aromatic heterocycles. The first kappa shape index (κ1) is 15.1. The molecule has 0 saturated carbocycles. The van der Waals surface area contributed by atoms with Gasteiger partial charge in [-0.2, -0.15) is 0 Å². The van der Waals surface area contributed by atoms with E-state index in [4.69, 9.17) is 0 Å². The molecule has 2 aromatic rings. The fraction of sp³-hybridized carbons (Fsp3) is 0.421. The normalized spacial score (nSPS) is 17.3. The Morgan fingerprint density at radius 3 is 2.54 bits per heavy atom. The Labute approximate surface area is 142 Å². The largest absolute Gasteiger partial charge is 0.345 e. The first-order valence-corrected chi connectivity index (χ1v) is 8.58. The maximum atomic E-state index is 12.7. The zero-order valence-corrected chi connectivity index (χ0v) is 14.2. The van der Waals surface area contributed by atoms with Crippen LogP contribution in [0.3, 0.4) is 0 Å². The molecule has 1 saturated heterocycles. The van der Waals surface area contributed by atoms with E-state index in [2.05, 4.69) is 46.9 Å². The van der Waals surface area contributed by atoms with E-state index >= 15 is 0 Å². The van der Waals surface area contributed by atoms with Gasteiger partial charge < -0.3 is 9.80 Å². The van der Waals surface area contributed by atoms with Crippen LogP contribution < -0.4 is 9.80 Å². The number of carbonyl (C=O) groups is 1. The molecule has 24 heavy (non-hydrogen) atoms. The lowest BCUT2D eigenvalue weighted by molar-refractivity contribution is -0.117. The van der Waals surface area contributed by atoms with Crippen LogP contribution in [0.2, 0.25) is 0 Å². The summed E-state index contributed by atoms with van der Waals surface area (Å²) in [5, 5.41) is 0. The van der Waals surface area contributed by atoms with E-state index in [1.54, 1.807) is 6.33 Å². The number of anilines is 2. The predicted octanol–water partition coefficient (Wildman–Crippen LogP) is 2.44. The van der Waals surface area contributed by atoms with E-state index in [1.165, 1.54) is 16.7 Å². The number of amides is 1. The molecular weight excluding hydrogens is 300 g/mol. The molecule has 0 spiro atoms. The number of piperazine rings is 1. The minimum Gasteiger partial charge on any atom is -0.345 e. The SMILES string of the molecule is Cc1cc(C)cc(N2CCN(c3ncnc4c3CCC4)CC2=O)c1. The van der Waals surface area contributed by atoms with Crippen molar-refractivity contribution in [2.45, 2.75) is 33.1 Å². The third kappa shape index (κ3) is 2.64. The lowest BCUT2D eigenvalue weighted by Gasteiger charge is -2.36. The number of benzene rings is 1. The molecule has 1 aromatic carbocycles. The van der Waals surface area contributed by atoms with Crippen LogP contribution in [0.25, 0.3) is 0 Å². The molecule has 1 fully saturated rings. The van der Waals surface area contributed by atoms with E-state index in [0.717, 1.165) is 43.0 Å². The Bertz CT molecular complexity index is 782. The van der Waals surface area contributed by atoms with Gasteiger partial charge in [0.15, 0.2) is 0 Å². The van der Waals surface area contributed by atoms with Crippen molar-refractivity contribution in [3.8, 4) is 0 Å². The molecule has 0 unspecified atom stereocenters. The van der Waals surface area contributed by atoms with Gasteiger partial charge in [-0.15, -0.1) is 0 Å². The van der Waals surface area contributed by atoms with Crippen LogP contribution in [0.5, 0.6) is 0 Å². The highest BCUT2D eigenvalue weighted by atomic mass is 16.2. The standard InChI is InChI=1S/C19H22N4O/c1-13-8-14(2)10-15(9-13)23-7-6-22(11-18(23)24)19-16-4-3-5-17(16)20-12-21-19/h8-10,12H,3-7,11H2,1-2H3. The van der Waals surface area contributed by atoms with Gasteiger partial charge >= 0.3 is 0 Å². The van der Waals surface area contributed by atoms with E-state index in [0.29, 0.717) is 13.1 Å². The highest BCUT2D eigenvalue weighted by Crippen LogP contribution is 2.29. The van der Waals surface area contributed by atoms with Gasteiger partial charge in [0.1, 0.15) is 12.1 Å². The lowest BCUT2D eigenvalue weighted by atomic mass is 10.1. The topological polar surface area (TPSA) is 49.3 Å². The van der Waals surface area contributed by atoms with Crippen molar-refractivity contribution in [2.24, 2.45) is 0 Å². The summed E-state index contributed by atoms with van der Waals surface area (Å²) in [5.74, 6) is 1.10. The van der Waals surface area contributed by atoms with Gasteiger partial charge in [0.2, 0.25) is 5.91 Å². The molecule has 0 bridgehead atoms. The van der Waals surface area contributed by atoms with E-state index < -0.39 is 0 Å². The molecule has 0 radical (unpaired) electrons. The highest BCUT2D eigenvalue weighted by Gasteiger charge is 2.29. The maximum absolute atomic E-state index is 12.7. The number of hydrogen-bond acceptors (Lipinski definition) is 4. The third-order valence-corrected chi connectivity index (χ3v) is 4.89. The average Bonchev–Trinajstić information content (AvgIpc) is 3.02. The van der Waals surface area contributed by atoms with Crippen LogP contribution >= 0.6 is 0 Å². The maximum Gasteiger partial charge on any atom is 0.246 e. The molecule has 5 heteroatoms. The second-order valence-corrected chi connectivity index (χ2v) is 6.79. The molecule has 0 atom stereocenters. The van der Waals surface area contributed by atoms with Crippen molar-refractivity contribution in [3.63, 3.8) is 0 Å². The van der Waals surface area contributed by atoms with E-state index in [9.17, 15) is 4.79 Å². The van der Waals surface area contributed by atoms with Gasteiger partial charge in [-0.3, -0.25) is 4.79 Å². The lowest BCUT2D eigenvalue weighted by Crippen LogP contribution is -2.51. The second kappa shape index (κ2) is 5.89. The summed E-state index contributed by atoms with van der Waals surface area (Å²) in [6, 6.07) is 6.31. The summed E-state index contributed by atoms with van der Waals surface area (Å²) in [5.41, 5.74) is 5.78. The molecule has 1 aliphatic heterocycles. The Morgan fingerprint density at radius 1 is 1.00 bits per heavy atom. The summed E-state index contributed by atoms with van der Waals surface area (Å²) in [6.07, 6.45) is 4.83. The number of hydrogen-bond donors (Lipinski definition) is 0. The predicted molar refractivity (Wildman–Crippen MR) is 94.5 cm³/mol. The number of nitrogens with zero attached hydrogens (tertiary/aromatic N) is 4. The van der Waals surface area contributed by atoms with Crippen LogP contribution in [0.15, 0.2) is 24.5 Å². The number of aryl methyl sites for hydroxylation is 3. The molecule has 0 N–H and O–H groups in total. The van der Waals surface area contributed by atoms with Gasteiger partial charge in [-0.1, -0.05) is 6.07 Å². The average molecular weight is 322 g/mol. The van der Waals surface area contributed by atoms with E-state index in [-0.39, 0.29) is 5.91 Å². The van der Waals surface area contributed by atoms with Crippen molar-refractivity contribution < 1.29 is 4.79 Å². The quantitative estimate of drug-likeness (QED) is 0.852. The number of carbonyl (C=O) groups excluding carboxylic acids is 1. The molecular formula is C19H22N4O. The van der Waals surface area contributed by atoms with Gasteiger partial charge in [-0.05, 0) is 56.4 Å². The van der Waals surface area contributed by atoms with Crippen molar-refractivity contribution >= 4 is 17.4 Å². The summed E-state index contributed by atoms with van der Waals surface area (Å²) >= 11 is 0. The summed E-state index contributed by atoms with van der Waals surface area (Å²) < 4.78 is 0. The third-order valence-electron chi connectivity index (χ3n) is 4.89. The minimum atomic E-state index is 0.136. The van der Waals surface area contributed by atoms with Crippen LogP contribution in [0.4, 0.5) is 11.5 Å². The van der Waals surface area contributed by atoms with Crippen LogP contribution in [-0.4, -0.2) is 35.5 Å². The molecule has 5 nitrogen and oxygen atoms in total. The molecule has 2 heterocycles. The molecule has 4 rings (SSSR count). The first-order valence-electron chi connectivity index (χ1n) is 8.58. The smallest absolute Gasteiger partial charge is 0.246 e. The monoisotopic (exact) mass is 322 g/mol. The number of aromatic nitrogens is 2. The zero-order chi connectivity index (χ0) is 16.7. The highest BCUT2D eigenvalue weighted by molar-refractivity contribution is 5.97. The van der Waals surface area contributed by atoms with Crippen molar-refractivity contribution in [1.82, 2.24) is 9.97 Å². The molecule has 2 aliphatic rings. The fourth-order valence-corrected chi connectivity index (χ4v) is 3.85. The van der Waals surface area contributed by atoms with Gasteiger partial charge in [0.05, 0.1) is 6.54 Å². The Hall–Kier alpha value is -2.43. The van der Waals surface area contributed by atoms with Gasteiger partial charge in [0.25, 0.3) is 0 Å². The van der Waals surface area contributed by atoms with Crippen molar-refractivity contribution in [2.75, 3.05) is 29.4 Å². The molecule has 1 aliphatic carbocycles. The van der Waals surface area contributed by atoms with Gasteiger partial charge in [0, 0.05) is 30.0 Å². The Balaban J connectivity index is 1.57. The van der Waals surface area contributed by atoms with Gasteiger partial charge in [-0.25, -0.2) is 9.97 Å². The summed E-state index contributed by atoms with van der Waals surface area (Å²) in [7, 11) is 0. The van der Waals surface area contributed by atoms with Crippen molar-refractivity contribution in [3.05, 3.63) is 46.9 Å². The Kier molecular flexibility index (Phi) is 3.71. The van der Waals surface area contributed by atoms with Crippen LogP contribution in [-0.2, 0) is 17.6 Å². The first-order chi connectivity index (χ1) is 11.6. The Morgan fingerprint density at radius 2 is 1.79 bits per heavy atom. The van der Waals surface area contributed by atoms with Crippen LogP contribution in [0.1, 0.15) is 28.8 Å². The summed E-state index contributed by atoms with van der Waals surface area (Å²) in [4.78, 5) is 25.6. The van der Waals surface area contributed by atoms with Crippen molar-refractivity contribution in [1.29, 1.82) is 0 Å². The van der Waals surface area contributed by atoms with E-state index in [1.807, 2.05) is 4.90 Å².